The van der Waals surface area contributed by atoms with Crippen molar-refractivity contribution in [3.63, 3.8) is 0 Å². The Balaban J connectivity index is 1.40. The van der Waals surface area contributed by atoms with Crippen LogP contribution in [0.15, 0.2) is 88.4 Å². The van der Waals surface area contributed by atoms with Crippen LogP contribution in [0.5, 0.6) is 0 Å². The first kappa shape index (κ1) is 19.3. The molecule has 0 aliphatic heterocycles. The van der Waals surface area contributed by atoms with Gasteiger partial charge in [0.1, 0.15) is 11.3 Å². The minimum Gasteiger partial charge on any atom is -0.457 e. The zero-order valence-electron chi connectivity index (χ0n) is 15.5. The van der Waals surface area contributed by atoms with Crippen molar-refractivity contribution in [2.45, 2.75) is 4.90 Å². The highest BCUT2D eigenvalue weighted by molar-refractivity contribution is 7.92. The van der Waals surface area contributed by atoms with Gasteiger partial charge < -0.3 is 9.73 Å². The normalized spacial score (nSPS) is 11.6. The Morgan fingerprint density at radius 2 is 1.70 bits per heavy atom. The van der Waals surface area contributed by atoms with Crippen molar-refractivity contribution in [1.82, 2.24) is 9.97 Å². The maximum atomic E-state index is 12.4. The van der Waals surface area contributed by atoms with E-state index in [9.17, 15) is 13.2 Å². The van der Waals surface area contributed by atoms with E-state index in [-0.39, 0.29) is 16.8 Å². The summed E-state index contributed by atoms with van der Waals surface area (Å²) < 4.78 is 32.6. The summed E-state index contributed by atoms with van der Waals surface area (Å²) in [5.41, 5.74) is 1.19. The van der Waals surface area contributed by atoms with Crippen molar-refractivity contribution in [2.75, 3.05) is 10.0 Å². The van der Waals surface area contributed by atoms with E-state index in [0.717, 1.165) is 11.0 Å². The molecule has 0 saturated heterocycles. The number of para-hydroxylation sites is 1. The summed E-state index contributed by atoms with van der Waals surface area (Å²) in [6.07, 6.45) is 5.78. The van der Waals surface area contributed by atoms with E-state index < -0.39 is 10.0 Å². The molecule has 4 rings (SSSR count). The van der Waals surface area contributed by atoms with Crippen LogP contribution in [0.1, 0.15) is 5.76 Å². The monoisotopic (exact) mass is 420 g/mol. The van der Waals surface area contributed by atoms with E-state index in [4.69, 9.17) is 4.42 Å². The third kappa shape index (κ3) is 4.53. The molecule has 1 amide bonds. The molecule has 0 aliphatic carbocycles. The number of rotatable bonds is 6. The number of anilines is 2. The average molecular weight is 420 g/mol. The van der Waals surface area contributed by atoms with E-state index in [2.05, 4.69) is 20.0 Å². The van der Waals surface area contributed by atoms with Crippen molar-refractivity contribution >= 4 is 44.6 Å². The van der Waals surface area contributed by atoms with E-state index in [0.29, 0.717) is 11.4 Å². The van der Waals surface area contributed by atoms with Crippen LogP contribution < -0.4 is 10.0 Å². The lowest BCUT2D eigenvalue weighted by molar-refractivity contribution is -0.111. The number of aromatic nitrogens is 2. The predicted molar refractivity (Wildman–Crippen MR) is 113 cm³/mol. The average Bonchev–Trinajstić information content (AvgIpc) is 3.16. The SMILES string of the molecule is O=C(/C=C/c1cc2ccccc2o1)Nc1ccc(S(=O)(=O)Nc2ncccn2)cc1. The maximum absolute atomic E-state index is 12.4. The molecule has 150 valence electrons. The summed E-state index contributed by atoms with van der Waals surface area (Å²) in [6.45, 7) is 0. The van der Waals surface area contributed by atoms with Crippen molar-refractivity contribution < 1.29 is 17.6 Å². The van der Waals surface area contributed by atoms with Gasteiger partial charge in [-0.15, -0.1) is 0 Å². The first-order valence-corrected chi connectivity index (χ1v) is 10.4. The number of hydrogen-bond acceptors (Lipinski definition) is 6. The second-order valence-corrected chi connectivity index (χ2v) is 7.89. The predicted octanol–water partition coefficient (Wildman–Crippen LogP) is 3.68. The molecule has 0 radical (unpaired) electrons. The minimum atomic E-state index is -3.83. The lowest BCUT2D eigenvalue weighted by Gasteiger charge is -2.07. The fourth-order valence-corrected chi connectivity index (χ4v) is 3.63. The van der Waals surface area contributed by atoms with Crippen molar-refractivity contribution in [3.05, 3.63) is 84.9 Å². The lowest BCUT2D eigenvalue weighted by Crippen LogP contribution is -2.15. The zero-order chi connectivity index (χ0) is 21.0. The number of nitrogens with zero attached hydrogens (tertiary/aromatic N) is 2. The highest BCUT2D eigenvalue weighted by Gasteiger charge is 2.15. The van der Waals surface area contributed by atoms with Crippen LogP contribution in [0, 0.1) is 0 Å². The van der Waals surface area contributed by atoms with Gasteiger partial charge in [0, 0.05) is 29.5 Å². The van der Waals surface area contributed by atoms with Crippen LogP contribution in [0.4, 0.5) is 11.6 Å². The second kappa shape index (κ2) is 8.18. The van der Waals surface area contributed by atoms with Crippen LogP contribution in [0.2, 0.25) is 0 Å². The summed E-state index contributed by atoms with van der Waals surface area (Å²) in [7, 11) is -3.83. The van der Waals surface area contributed by atoms with Gasteiger partial charge in [-0.1, -0.05) is 18.2 Å². The molecule has 0 fully saturated rings. The highest BCUT2D eigenvalue weighted by Crippen LogP contribution is 2.20. The van der Waals surface area contributed by atoms with Crippen LogP contribution in [0.25, 0.3) is 17.0 Å². The maximum Gasteiger partial charge on any atom is 0.264 e. The molecular formula is C21H16N4O4S. The number of carbonyl (C=O) groups excluding carboxylic acids is 1. The van der Waals surface area contributed by atoms with Gasteiger partial charge in [-0.3, -0.25) is 4.79 Å². The number of sulfonamides is 1. The summed E-state index contributed by atoms with van der Waals surface area (Å²) in [4.78, 5) is 19.8. The van der Waals surface area contributed by atoms with Crippen molar-refractivity contribution in [3.8, 4) is 0 Å². The van der Waals surface area contributed by atoms with Crippen molar-refractivity contribution in [1.29, 1.82) is 0 Å². The topological polar surface area (TPSA) is 114 Å². The number of carbonyl (C=O) groups is 1. The molecule has 0 aliphatic rings. The third-order valence-electron chi connectivity index (χ3n) is 4.07. The molecule has 30 heavy (non-hydrogen) atoms. The largest absolute Gasteiger partial charge is 0.457 e. The van der Waals surface area contributed by atoms with Crippen LogP contribution in [0.3, 0.4) is 0 Å². The quantitative estimate of drug-likeness (QED) is 0.460. The first-order valence-electron chi connectivity index (χ1n) is 8.87. The smallest absolute Gasteiger partial charge is 0.264 e. The Kier molecular flexibility index (Phi) is 5.27. The molecule has 0 unspecified atom stereocenters. The number of fused-ring (bicyclic) bond motifs is 1. The van der Waals surface area contributed by atoms with Gasteiger partial charge in [0.2, 0.25) is 11.9 Å². The molecular weight excluding hydrogens is 404 g/mol. The van der Waals surface area contributed by atoms with Gasteiger partial charge >= 0.3 is 0 Å². The third-order valence-corrected chi connectivity index (χ3v) is 5.41. The van der Waals surface area contributed by atoms with Gasteiger partial charge in [0.15, 0.2) is 0 Å². The molecule has 2 heterocycles. The molecule has 4 aromatic rings. The van der Waals surface area contributed by atoms with Crippen LogP contribution in [-0.4, -0.2) is 24.3 Å². The van der Waals surface area contributed by atoms with Gasteiger partial charge in [-0.25, -0.2) is 23.1 Å². The van der Waals surface area contributed by atoms with Gasteiger partial charge in [0.05, 0.1) is 4.90 Å². The summed E-state index contributed by atoms with van der Waals surface area (Å²) in [6, 6.07) is 16.7. The molecule has 0 bridgehead atoms. The number of hydrogen-bond donors (Lipinski definition) is 2. The van der Waals surface area contributed by atoms with Crippen LogP contribution >= 0.6 is 0 Å². The van der Waals surface area contributed by atoms with E-state index >= 15 is 0 Å². The molecule has 2 N–H and O–H groups in total. The van der Waals surface area contributed by atoms with E-state index in [1.165, 1.54) is 42.7 Å². The Hall–Kier alpha value is -3.98. The van der Waals surface area contributed by atoms with E-state index in [1.807, 2.05) is 30.3 Å². The second-order valence-electron chi connectivity index (χ2n) is 6.21. The first-order chi connectivity index (χ1) is 14.5. The van der Waals surface area contributed by atoms with Crippen LogP contribution in [-0.2, 0) is 14.8 Å². The Bertz CT molecular complexity index is 1280. The summed E-state index contributed by atoms with van der Waals surface area (Å²) >= 11 is 0. The molecule has 0 atom stereocenters. The molecule has 8 nitrogen and oxygen atoms in total. The number of furan rings is 1. The van der Waals surface area contributed by atoms with Gasteiger partial charge in [0.25, 0.3) is 10.0 Å². The molecule has 0 saturated carbocycles. The standard InChI is InChI=1S/C21H16N4O4S/c26-20(11-8-17-14-15-4-1-2-5-19(15)29-17)24-16-6-9-18(10-7-16)30(27,28)25-21-22-12-3-13-23-21/h1-14H,(H,24,26)(H,22,23,25)/b11-8+. The molecule has 0 spiro atoms. The number of amides is 1. The van der Waals surface area contributed by atoms with Crippen molar-refractivity contribution in [2.24, 2.45) is 0 Å². The van der Waals surface area contributed by atoms with E-state index in [1.54, 1.807) is 12.1 Å². The summed E-state index contributed by atoms with van der Waals surface area (Å²) in [5.74, 6) is 0.162. The zero-order valence-corrected chi connectivity index (χ0v) is 16.3. The highest BCUT2D eigenvalue weighted by atomic mass is 32.2. The Morgan fingerprint density at radius 3 is 2.43 bits per heavy atom. The fraction of sp³-hybridized carbons (Fsp3) is 0. The minimum absolute atomic E-state index is 0.0192. The Labute approximate surface area is 172 Å². The molecule has 9 heteroatoms. The molecule has 2 aromatic carbocycles. The van der Waals surface area contributed by atoms with Gasteiger partial charge in [-0.05, 0) is 48.5 Å². The number of benzene rings is 2. The summed E-state index contributed by atoms with van der Waals surface area (Å²) in [5, 5.41) is 3.61. The van der Waals surface area contributed by atoms with Gasteiger partial charge in [-0.2, -0.15) is 0 Å². The fourth-order valence-electron chi connectivity index (χ4n) is 2.67. The molecule has 2 aromatic heterocycles. The number of nitrogens with one attached hydrogen (secondary N) is 2. The Morgan fingerprint density at radius 1 is 0.967 bits per heavy atom. The lowest BCUT2D eigenvalue weighted by atomic mass is 10.2.